The summed E-state index contributed by atoms with van der Waals surface area (Å²) in [5, 5.41) is 17.6. The highest BCUT2D eigenvalue weighted by Gasteiger charge is 2.21. The largest absolute Gasteiger partial charge is 0.477 e. The van der Waals surface area contributed by atoms with E-state index in [0.717, 1.165) is 0 Å². The number of carbonyl (C=O) groups is 1. The quantitative estimate of drug-likeness (QED) is 0.768. The van der Waals surface area contributed by atoms with E-state index in [1.165, 1.54) is 12.3 Å². The molecule has 0 aromatic carbocycles. The van der Waals surface area contributed by atoms with E-state index < -0.39 is 11.4 Å². The van der Waals surface area contributed by atoms with Gasteiger partial charge < -0.3 is 5.11 Å². The lowest BCUT2D eigenvalue weighted by Gasteiger charge is -2.15. The summed E-state index contributed by atoms with van der Waals surface area (Å²) >= 11 is 0. The Kier molecular flexibility index (Phi) is 2.52. The van der Waals surface area contributed by atoms with Crippen LogP contribution in [0.25, 0.3) is 0 Å². The van der Waals surface area contributed by atoms with Crippen molar-refractivity contribution in [2.45, 2.75) is 19.3 Å². The molecule has 0 aliphatic heterocycles. The highest BCUT2D eigenvalue weighted by Crippen LogP contribution is 2.21. The second kappa shape index (κ2) is 3.46. The van der Waals surface area contributed by atoms with Crippen LogP contribution in [0.3, 0.4) is 0 Å². The third-order valence-corrected chi connectivity index (χ3v) is 1.98. The maximum Gasteiger partial charge on any atom is 0.354 e. The summed E-state index contributed by atoms with van der Waals surface area (Å²) < 4.78 is 0. The number of carboxylic acid groups (broad SMARTS) is 1. The van der Waals surface area contributed by atoms with Gasteiger partial charge in [0.1, 0.15) is 5.69 Å². The van der Waals surface area contributed by atoms with Gasteiger partial charge in [0.05, 0.1) is 11.5 Å². The van der Waals surface area contributed by atoms with Crippen molar-refractivity contribution in [3.05, 3.63) is 29.6 Å². The van der Waals surface area contributed by atoms with Crippen LogP contribution >= 0.6 is 0 Å². The lowest BCUT2D eigenvalue weighted by Crippen LogP contribution is -2.15. The molecule has 4 heteroatoms. The van der Waals surface area contributed by atoms with Crippen LogP contribution in [-0.2, 0) is 5.41 Å². The maximum atomic E-state index is 10.6. The number of aromatic carboxylic acids is 1. The Hall–Kier alpha value is -1.89. The minimum absolute atomic E-state index is 0.0363. The number of pyridine rings is 1. The molecule has 4 nitrogen and oxygen atoms in total. The first-order valence-corrected chi connectivity index (χ1v) is 4.08. The van der Waals surface area contributed by atoms with Gasteiger partial charge in [0.15, 0.2) is 0 Å². The lowest BCUT2D eigenvalue weighted by molar-refractivity contribution is 0.0690. The van der Waals surface area contributed by atoms with Crippen LogP contribution in [0.2, 0.25) is 0 Å². The van der Waals surface area contributed by atoms with Gasteiger partial charge in [-0.15, -0.1) is 0 Å². The summed E-state index contributed by atoms with van der Waals surface area (Å²) in [6.45, 7) is 3.46. The molecule has 0 unspecified atom stereocenters. The number of hydrogen-bond acceptors (Lipinski definition) is 3. The van der Waals surface area contributed by atoms with Gasteiger partial charge in [-0.3, -0.25) is 0 Å². The summed E-state index contributed by atoms with van der Waals surface area (Å²) in [7, 11) is 0. The number of nitrogens with zero attached hydrogens (tertiary/aromatic N) is 2. The van der Waals surface area contributed by atoms with E-state index in [9.17, 15) is 4.79 Å². The van der Waals surface area contributed by atoms with Crippen LogP contribution in [0.4, 0.5) is 0 Å². The molecule has 0 radical (unpaired) electrons. The molecule has 0 fully saturated rings. The summed E-state index contributed by atoms with van der Waals surface area (Å²) in [5.74, 6) is -1.08. The molecule has 1 rings (SSSR count). The van der Waals surface area contributed by atoms with Gasteiger partial charge in [-0.2, -0.15) is 5.26 Å². The van der Waals surface area contributed by atoms with Crippen molar-refractivity contribution in [1.29, 1.82) is 5.26 Å². The van der Waals surface area contributed by atoms with Gasteiger partial charge in [-0.25, -0.2) is 9.78 Å². The molecule has 0 bridgehead atoms. The second-order valence-corrected chi connectivity index (χ2v) is 3.47. The van der Waals surface area contributed by atoms with Crippen molar-refractivity contribution in [3.63, 3.8) is 0 Å². The fraction of sp³-hybridized carbons (Fsp3) is 0.300. The molecule has 0 spiro atoms. The summed E-state index contributed by atoms with van der Waals surface area (Å²) in [6, 6.07) is 5.17. The Labute approximate surface area is 81.8 Å². The average molecular weight is 190 g/mol. The van der Waals surface area contributed by atoms with Crippen LogP contribution < -0.4 is 0 Å². The first-order chi connectivity index (χ1) is 6.47. The summed E-state index contributed by atoms with van der Waals surface area (Å²) in [5.41, 5.74) is -0.0640. The molecule has 14 heavy (non-hydrogen) atoms. The summed E-state index contributed by atoms with van der Waals surface area (Å²) in [4.78, 5) is 14.3. The Balaban J connectivity index is 3.20. The molecule has 0 aliphatic carbocycles. The molecule has 0 saturated carbocycles. The predicted molar refractivity (Wildman–Crippen MR) is 49.8 cm³/mol. The SMILES string of the molecule is CC(C)(C#N)c1ccnc(C(=O)O)c1. The van der Waals surface area contributed by atoms with Crippen LogP contribution in [0.1, 0.15) is 29.9 Å². The van der Waals surface area contributed by atoms with E-state index in [2.05, 4.69) is 11.1 Å². The molecule has 0 amide bonds. The van der Waals surface area contributed by atoms with Gasteiger partial charge in [-0.05, 0) is 31.5 Å². The molecular formula is C10H10N2O2. The van der Waals surface area contributed by atoms with Crippen molar-refractivity contribution >= 4 is 5.97 Å². The normalized spacial score (nSPS) is 10.6. The molecule has 1 heterocycles. The van der Waals surface area contributed by atoms with Crippen molar-refractivity contribution < 1.29 is 9.90 Å². The fourth-order valence-corrected chi connectivity index (χ4v) is 1.00. The van der Waals surface area contributed by atoms with Crippen molar-refractivity contribution in [1.82, 2.24) is 4.98 Å². The smallest absolute Gasteiger partial charge is 0.354 e. The minimum atomic E-state index is -1.08. The topological polar surface area (TPSA) is 74.0 Å². The molecule has 72 valence electrons. The third-order valence-electron chi connectivity index (χ3n) is 1.98. The molecule has 0 aliphatic rings. The fourth-order valence-electron chi connectivity index (χ4n) is 1.00. The van der Waals surface area contributed by atoms with Gasteiger partial charge in [0, 0.05) is 6.20 Å². The van der Waals surface area contributed by atoms with Crippen LogP contribution in [-0.4, -0.2) is 16.1 Å². The molecular weight excluding hydrogens is 180 g/mol. The first-order valence-electron chi connectivity index (χ1n) is 4.08. The van der Waals surface area contributed by atoms with Crippen molar-refractivity contribution in [2.75, 3.05) is 0 Å². The Morgan fingerprint density at radius 2 is 2.29 bits per heavy atom. The van der Waals surface area contributed by atoms with Crippen molar-refractivity contribution in [3.8, 4) is 6.07 Å². The van der Waals surface area contributed by atoms with Gasteiger partial charge in [-0.1, -0.05) is 0 Å². The van der Waals surface area contributed by atoms with E-state index in [1.807, 2.05) is 0 Å². The maximum absolute atomic E-state index is 10.6. The molecule has 1 aromatic heterocycles. The molecule has 0 saturated heterocycles. The zero-order chi connectivity index (χ0) is 10.8. The highest BCUT2D eigenvalue weighted by atomic mass is 16.4. The van der Waals surface area contributed by atoms with Crippen LogP contribution in [0.15, 0.2) is 18.3 Å². The monoisotopic (exact) mass is 190 g/mol. The second-order valence-electron chi connectivity index (χ2n) is 3.47. The van der Waals surface area contributed by atoms with Crippen LogP contribution in [0, 0.1) is 11.3 Å². The third kappa shape index (κ3) is 1.88. The van der Waals surface area contributed by atoms with Crippen LogP contribution in [0.5, 0.6) is 0 Å². The minimum Gasteiger partial charge on any atom is -0.477 e. The van der Waals surface area contributed by atoms with Crippen molar-refractivity contribution in [2.24, 2.45) is 0 Å². The molecule has 1 aromatic rings. The Morgan fingerprint density at radius 3 is 2.79 bits per heavy atom. The summed E-state index contributed by atoms with van der Waals surface area (Å²) in [6.07, 6.45) is 1.40. The zero-order valence-electron chi connectivity index (χ0n) is 7.98. The number of carboxylic acids is 1. The van der Waals surface area contributed by atoms with Gasteiger partial charge in [0.25, 0.3) is 0 Å². The average Bonchev–Trinajstić information content (AvgIpc) is 2.18. The zero-order valence-corrected chi connectivity index (χ0v) is 7.98. The molecule has 0 atom stereocenters. The van der Waals surface area contributed by atoms with E-state index >= 15 is 0 Å². The highest BCUT2D eigenvalue weighted by molar-refractivity contribution is 5.85. The standard InChI is InChI=1S/C10H10N2O2/c1-10(2,6-11)7-3-4-12-8(5-7)9(13)14/h3-5H,1-2H3,(H,13,14). The number of rotatable bonds is 2. The van der Waals surface area contributed by atoms with E-state index in [4.69, 9.17) is 10.4 Å². The number of hydrogen-bond donors (Lipinski definition) is 1. The Morgan fingerprint density at radius 1 is 1.64 bits per heavy atom. The van der Waals surface area contributed by atoms with Gasteiger partial charge in [0.2, 0.25) is 0 Å². The van der Waals surface area contributed by atoms with E-state index in [-0.39, 0.29) is 5.69 Å². The van der Waals surface area contributed by atoms with E-state index in [0.29, 0.717) is 5.56 Å². The Bertz CT molecular complexity index is 405. The lowest BCUT2D eigenvalue weighted by atomic mass is 9.87. The van der Waals surface area contributed by atoms with E-state index in [1.54, 1.807) is 19.9 Å². The predicted octanol–water partition coefficient (Wildman–Crippen LogP) is 1.58. The number of aromatic nitrogens is 1. The molecule has 1 N–H and O–H groups in total. The number of nitriles is 1. The first kappa shape index (κ1) is 10.2. The van der Waals surface area contributed by atoms with Gasteiger partial charge >= 0.3 is 5.97 Å².